The third-order valence-electron chi connectivity index (χ3n) is 5.69. The second kappa shape index (κ2) is 6.38. The molecule has 104 valence electrons. The van der Waals surface area contributed by atoms with Crippen LogP contribution in [0.5, 0.6) is 0 Å². The number of piperidine rings is 1. The van der Waals surface area contributed by atoms with Crippen molar-refractivity contribution in [2.45, 2.75) is 76.3 Å². The van der Waals surface area contributed by atoms with Gasteiger partial charge in [0.05, 0.1) is 19.1 Å². The van der Waals surface area contributed by atoms with Crippen LogP contribution < -0.4 is 4.90 Å². The van der Waals surface area contributed by atoms with Crippen LogP contribution in [0.3, 0.4) is 0 Å². The molecule has 2 saturated heterocycles. The molecule has 3 fully saturated rings. The minimum Gasteiger partial charge on any atom is -0.332 e. The van der Waals surface area contributed by atoms with Crippen molar-refractivity contribution in [3.8, 4) is 0 Å². The first-order valence-electron chi connectivity index (χ1n) is 8.52. The highest BCUT2D eigenvalue weighted by Crippen LogP contribution is 2.25. The quantitative estimate of drug-likeness (QED) is 0.787. The van der Waals surface area contributed by atoms with E-state index in [1.54, 1.807) is 0 Å². The van der Waals surface area contributed by atoms with Gasteiger partial charge >= 0.3 is 0 Å². The molecule has 2 heterocycles. The van der Waals surface area contributed by atoms with Crippen LogP contribution in [0.4, 0.5) is 0 Å². The zero-order valence-corrected chi connectivity index (χ0v) is 12.0. The van der Waals surface area contributed by atoms with Gasteiger partial charge in [0.25, 0.3) is 0 Å². The number of rotatable bonds is 2. The molecule has 0 aromatic heterocycles. The van der Waals surface area contributed by atoms with Gasteiger partial charge in [-0.25, -0.2) is 0 Å². The zero-order chi connectivity index (χ0) is 12.2. The van der Waals surface area contributed by atoms with Gasteiger partial charge in [0.1, 0.15) is 0 Å². The van der Waals surface area contributed by atoms with Gasteiger partial charge in [-0.2, -0.15) is 0 Å². The topological polar surface area (TPSA) is 7.68 Å². The second-order valence-electron chi connectivity index (χ2n) is 6.82. The molecule has 0 aromatic rings. The highest BCUT2D eigenvalue weighted by atomic mass is 15.2. The number of hydrogen-bond acceptors (Lipinski definition) is 1. The van der Waals surface area contributed by atoms with E-state index in [1.807, 2.05) is 4.90 Å². The van der Waals surface area contributed by atoms with E-state index >= 15 is 0 Å². The summed E-state index contributed by atoms with van der Waals surface area (Å²) in [7, 11) is 0. The van der Waals surface area contributed by atoms with Crippen LogP contribution >= 0.6 is 0 Å². The van der Waals surface area contributed by atoms with Gasteiger partial charge in [-0.3, -0.25) is 4.90 Å². The molecule has 0 bridgehead atoms. The fourth-order valence-corrected chi connectivity index (χ4v) is 4.53. The molecule has 1 aliphatic carbocycles. The Balaban J connectivity index is 1.46. The van der Waals surface area contributed by atoms with Crippen LogP contribution in [0.25, 0.3) is 0 Å². The summed E-state index contributed by atoms with van der Waals surface area (Å²) in [5.74, 6) is 0. The van der Waals surface area contributed by atoms with Crippen LogP contribution in [0.2, 0.25) is 0 Å². The Morgan fingerprint density at radius 1 is 0.667 bits per heavy atom. The summed E-state index contributed by atoms with van der Waals surface area (Å²) in [5, 5.41) is 0. The van der Waals surface area contributed by atoms with Gasteiger partial charge < -0.3 is 4.90 Å². The van der Waals surface area contributed by atoms with Crippen LogP contribution in [-0.4, -0.2) is 43.2 Å². The molecule has 0 radical (unpaired) electrons. The Labute approximate surface area is 113 Å². The number of quaternary nitrogens is 1. The van der Waals surface area contributed by atoms with E-state index in [4.69, 9.17) is 0 Å². The van der Waals surface area contributed by atoms with Gasteiger partial charge in [0.15, 0.2) is 0 Å². The maximum Gasteiger partial charge on any atom is 0.0899 e. The molecule has 2 nitrogen and oxygen atoms in total. The van der Waals surface area contributed by atoms with E-state index in [-0.39, 0.29) is 0 Å². The molecular weight excluding hydrogens is 220 g/mol. The fraction of sp³-hybridized carbons (Fsp3) is 1.00. The summed E-state index contributed by atoms with van der Waals surface area (Å²) >= 11 is 0. The summed E-state index contributed by atoms with van der Waals surface area (Å²) in [6, 6.07) is 1.96. The second-order valence-corrected chi connectivity index (χ2v) is 6.82. The van der Waals surface area contributed by atoms with Crippen molar-refractivity contribution < 1.29 is 4.90 Å². The highest BCUT2D eigenvalue weighted by molar-refractivity contribution is 4.81. The number of hydrogen-bond donors (Lipinski definition) is 1. The normalized spacial score (nSPS) is 30.7. The minimum absolute atomic E-state index is 0.963. The predicted molar refractivity (Wildman–Crippen MR) is 76.0 cm³/mol. The third kappa shape index (κ3) is 3.08. The van der Waals surface area contributed by atoms with E-state index in [2.05, 4.69) is 4.90 Å². The van der Waals surface area contributed by atoms with Crippen molar-refractivity contribution in [3.63, 3.8) is 0 Å². The molecule has 2 heteroatoms. The predicted octanol–water partition coefficient (Wildman–Crippen LogP) is 1.85. The molecular formula is C16H31N2+. The summed E-state index contributed by atoms with van der Waals surface area (Å²) in [4.78, 5) is 4.78. The zero-order valence-electron chi connectivity index (χ0n) is 12.0. The van der Waals surface area contributed by atoms with Crippen molar-refractivity contribution in [2.24, 2.45) is 0 Å². The Bertz CT molecular complexity index is 231. The molecule has 0 atom stereocenters. The van der Waals surface area contributed by atoms with E-state index in [9.17, 15) is 0 Å². The Morgan fingerprint density at radius 3 is 1.89 bits per heavy atom. The molecule has 0 unspecified atom stereocenters. The van der Waals surface area contributed by atoms with Crippen molar-refractivity contribution in [2.75, 3.05) is 26.2 Å². The third-order valence-corrected chi connectivity index (χ3v) is 5.69. The van der Waals surface area contributed by atoms with Gasteiger partial charge in [-0.15, -0.1) is 0 Å². The molecule has 2 aliphatic heterocycles. The van der Waals surface area contributed by atoms with Crippen LogP contribution in [-0.2, 0) is 0 Å². The lowest BCUT2D eigenvalue weighted by Gasteiger charge is -2.38. The highest BCUT2D eigenvalue weighted by Gasteiger charge is 2.31. The average molecular weight is 251 g/mol. The van der Waals surface area contributed by atoms with Crippen LogP contribution in [0, 0.1) is 0 Å². The van der Waals surface area contributed by atoms with Crippen molar-refractivity contribution in [1.29, 1.82) is 0 Å². The molecule has 1 saturated carbocycles. The first-order valence-corrected chi connectivity index (χ1v) is 8.52. The van der Waals surface area contributed by atoms with Gasteiger partial charge in [0, 0.05) is 32.0 Å². The summed E-state index contributed by atoms with van der Waals surface area (Å²) in [6.45, 7) is 5.74. The number of nitrogens with zero attached hydrogens (tertiary/aromatic N) is 1. The first kappa shape index (κ1) is 12.9. The van der Waals surface area contributed by atoms with Gasteiger partial charge in [0.2, 0.25) is 0 Å². The minimum atomic E-state index is 0.963. The lowest BCUT2D eigenvalue weighted by molar-refractivity contribution is -0.926. The molecule has 1 N–H and O–H groups in total. The van der Waals surface area contributed by atoms with E-state index in [0.29, 0.717) is 0 Å². The fourth-order valence-electron chi connectivity index (χ4n) is 4.53. The molecule has 3 rings (SSSR count). The smallest absolute Gasteiger partial charge is 0.0899 e. The number of likely N-dealkylation sites (tertiary alicyclic amines) is 2. The molecule has 18 heavy (non-hydrogen) atoms. The lowest BCUT2D eigenvalue weighted by atomic mass is 10.0. The largest absolute Gasteiger partial charge is 0.332 e. The van der Waals surface area contributed by atoms with Gasteiger partial charge in [-0.05, 0) is 38.5 Å². The van der Waals surface area contributed by atoms with Crippen LogP contribution in [0.15, 0.2) is 0 Å². The standard InChI is InChI=1S/C16H30N2/c1-2-6-12-17(11-5-1)16-9-13-18(14-10-16)15-7-3-4-8-15/h15-16H,1-14H2/p+1. The summed E-state index contributed by atoms with van der Waals surface area (Å²) < 4.78 is 0. The van der Waals surface area contributed by atoms with E-state index < -0.39 is 0 Å². The van der Waals surface area contributed by atoms with Crippen molar-refractivity contribution >= 4 is 0 Å². The molecule has 0 spiro atoms. The first-order chi connectivity index (χ1) is 8.93. The molecule has 0 aromatic carbocycles. The average Bonchev–Trinajstić information content (AvgIpc) is 2.82. The monoisotopic (exact) mass is 251 g/mol. The SMILES string of the molecule is C1CCC[NH+](C2CCN(C3CCCC3)CC2)CC1. The summed E-state index contributed by atoms with van der Waals surface area (Å²) in [6.07, 6.45) is 14.9. The number of nitrogens with one attached hydrogen (secondary N) is 1. The van der Waals surface area contributed by atoms with Gasteiger partial charge in [-0.1, -0.05) is 12.8 Å². The maximum absolute atomic E-state index is 2.82. The molecule has 0 amide bonds. The molecule has 3 aliphatic rings. The Morgan fingerprint density at radius 2 is 1.28 bits per heavy atom. The van der Waals surface area contributed by atoms with Crippen molar-refractivity contribution in [1.82, 2.24) is 4.90 Å². The maximum atomic E-state index is 2.82. The Kier molecular flexibility index (Phi) is 4.58. The Hall–Kier alpha value is -0.0800. The van der Waals surface area contributed by atoms with Crippen LogP contribution in [0.1, 0.15) is 64.2 Å². The van der Waals surface area contributed by atoms with E-state index in [1.165, 1.54) is 90.4 Å². The lowest BCUT2D eigenvalue weighted by Crippen LogP contribution is -3.16. The summed E-state index contributed by atoms with van der Waals surface area (Å²) in [5.41, 5.74) is 0. The van der Waals surface area contributed by atoms with Crippen molar-refractivity contribution in [3.05, 3.63) is 0 Å². The van der Waals surface area contributed by atoms with E-state index in [0.717, 1.165) is 12.1 Å².